The zero-order chi connectivity index (χ0) is 16.9. The molecule has 124 valence electrons. The summed E-state index contributed by atoms with van der Waals surface area (Å²) in [5, 5.41) is 2.83. The maximum absolute atomic E-state index is 12.5. The van der Waals surface area contributed by atoms with Crippen LogP contribution in [-0.4, -0.2) is 20.0 Å². The van der Waals surface area contributed by atoms with Gasteiger partial charge < -0.3 is 5.32 Å². The summed E-state index contributed by atoms with van der Waals surface area (Å²) in [5.74, 6) is -0.0964. The molecule has 0 saturated carbocycles. The van der Waals surface area contributed by atoms with E-state index in [9.17, 15) is 9.59 Å². The van der Waals surface area contributed by atoms with Crippen LogP contribution in [0, 0.1) is 0 Å². The molecule has 6 heteroatoms. The minimum Gasteiger partial charge on any atom is -0.350 e. The molecule has 1 N–H and O–H groups in total. The predicted octanol–water partition coefficient (Wildman–Crippen LogP) is 1.92. The first-order chi connectivity index (χ1) is 11.7. The van der Waals surface area contributed by atoms with Gasteiger partial charge in [-0.15, -0.1) is 0 Å². The van der Waals surface area contributed by atoms with E-state index in [1.165, 1.54) is 0 Å². The van der Waals surface area contributed by atoms with E-state index >= 15 is 0 Å². The molecule has 1 aromatic carbocycles. The zero-order valence-corrected chi connectivity index (χ0v) is 13.6. The summed E-state index contributed by atoms with van der Waals surface area (Å²) in [6.45, 7) is 3.31. The van der Waals surface area contributed by atoms with Gasteiger partial charge in [-0.1, -0.05) is 18.2 Å². The molecular weight excluding hydrogens is 304 g/mol. The lowest BCUT2D eigenvalue weighted by atomic mass is 10.3. The van der Waals surface area contributed by atoms with E-state index in [0.717, 1.165) is 16.7 Å². The topological polar surface area (TPSA) is 68.9 Å². The Morgan fingerprint density at radius 3 is 2.46 bits per heavy atom. The smallest absolute Gasteiger partial charge is 0.329 e. The lowest BCUT2D eigenvalue weighted by molar-refractivity contribution is -0.121. The Kier molecular flexibility index (Phi) is 4.74. The second kappa shape index (κ2) is 7.12. The second-order valence-electron chi connectivity index (χ2n) is 5.51. The number of nitrogens with one attached hydrogen (secondary N) is 1. The van der Waals surface area contributed by atoms with Crippen molar-refractivity contribution in [3.8, 4) is 0 Å². The van der Waals surface area contributed by atoms with Crippen molar-refractivity contribution in [1.29, 1.82) is 0 Å². The lowest BCUT2D eigenvalue weighted by Crippen LogP contribution is -2.28. The van der Waals surface area contributed by atoms with Gasteiger partial charge in [-0.05, 0) is 31.2 Å². The number of carbonyl (C=O) groups excluding carboxylic acids is 1. The van der Waals surface area contributed by atoms with Gasteiger partial charge in [-0.25, -0.2) is 4.79 Å². The van der Waals surface area contributed by atoms with Crippen molar-refractivity contribution in [3.05, 3.63) is 64.8 Å². The summed E-state index contributed by atoms with van der Waals surface area (Å²) in [6.07, 6.45) is 1.95. The summed E-state index contributed by atoms with van der Waals surface area (Å²) < 4.78 is 3.39. The first-order valence-electron chi connectivity index (χ1n) is 8.05. The number of hydrogen-bond acceptors (Lipinski definition) is 3. The maximum atomic E-state index is 12.5. The number of benzene rings is 1. The molecule has 1 amide bonds. The van der Waals surface area contributed by atoms with Gasteiger partial charge in [0.1, 0.15) is 0 Å². The summed E-state index contributed by atoms with van der Waals surface area (Å²) in [4.78, 5) is 28.7. The molecule has 24 heavy (non-hydrogen) atoms. The molecule has 0 aliphatic heterocycles. The molecular formula is C18H20N4O2. The fourth-order valence-electron chi connectivity index (χ4n) is 2.79. The molecule has 0 radical (unpaired) electrons. The number of carbonyl (C=O) groups is 1. The van der Waals surface area contributed by atoms with Gasteiger partial charge in [0, 0.05) is 25.7 Å². The van der Waals surface area contributed by atoms with Crippen molar-refractivity contribution in [2.75, 3.05) is 0 Å². The van der Waals surface area contributed by atoms with Crippen LogP contribution in [0.4, 0.5) is 0 Å². The third-order valence-electron chi connectivity index (χ3n) is 4.00. The third-order valence-corrected chi connectivity index (χ3v) is 4.00. The van der Waals surface area contributed by atoms with Crippen molar-refractivity contribution < 1.29 is 4.79 Å². The molecule has 0 atom stereocenters. The van der Waals surface area contributed by atoms with Crippen LogP contribution in [-0.2, 0) is 24.4 Å². The van der Waals surface area contributed by atoms with E-state index in [4.69, 9.17) is 0 Å². The van der Waals surface area contributed by atoms with Crippen molar-refractivity contribution >= 4 is 16.9 Å². The van der Waals surface area contributed by atoms with Gasteiger partial charge >= 0.3 is 5.69 Å². The zero-order valence-electron chi connectivity index (χ0n) is 13.6. The highest BCUT2D eigenvalue weighted by atomic mass is 16.2. The van der Waals surface area contributed by atoms with Crippen LogP contribution in [0.5, 0.6) is 0 Å². The Morgan fingerprint density at radius 2 is 1.79 bits per heavy atom. The number of aromatic nitrogens is 3. The van der Waals surface area contributed by atoms with E-state index < -0.39 is 0 Å². The molecule has 0 unspecified atom stereocenters. The molecule has 0 bridgehead atoms. The van der Waals surface area contributed by atoms with Crippen LogP contribution in [0.3, 0.4) is 0 Å². The molecule has 0 fully saturated rings. The minimum absolute atomic E-state index is 0.0729. The summed E-state index contributed by atoms with van der Waals surface area (Å²) in [6, 6.07) is 13.2. The van der Waals surface area contributed by atoms with Gasteiger partial charge in [0.25, 0.3) is 0 Å². The Hall–Kier alpha value is -2.89. The van der Waals surface area contributed by atoms with Gasteiger partial charge in [0.15, 0.2) is 0 Å². The van der Waals surface area contributed by atoms with Crippen LogP contribution in [0.15, 0.2) is 53.5 Å². The summed E-state index contributed by atoms with van der Waals surface area (Å²) in [7, 11) is 0. The predicted molar refractivity (Wildman–Crippen MR) is 92.6 cm³/mol. The van der Waals surface area contributed by atoms with E-state index in [-0.39, 0.29) is 18.0 Å². The normalized spacial score (nSPS) is 10.9. The highest BCUT2D eigenvalue weighted by molar-refractivity contribution is 5.77. The molecule has 2 heterocycles. The number of imidazole rings is 1. The fraction of sp³-hybridized carbons (Fsp3) is 0.278. The van der Waals surface area contributed by atoms with Crippen LogP contribution in [0.2, 0.25) is 0 Å². The van der Waals surface area contributed by atoms with Crippen LogP contribution in [0.25, 0.3) is 11.0 Å². The SMILES string of the molecule is CCn1c(=O)n(CCC(=O)NCc2ccccn2)c2ccccc21. The second-order valence-corrected chi connectivity index (χ2v) is 5.51. The van der Waals surface area contributed by atoms with E-state index in [2.05, 4.69) is 10.3 Å². The van der Waals surface area contributed by atoms with Crippen molar-refractivity contribution in [1.82, 2.24) is 19.4 Å². The number of amides is 1. The van der Waals surface area contributed by atoms with Crippen LogP contribution in [0.1, 0.15) is 19.0 Å². The van der Waals surface area contributed by atoms with Crippen LogP contribution >= 0.6 is 0 Å². The maximum Gasteiger partial charge on any atom is 0.329 e. The summed E-state index contributed by atoms with van der Waals surface area (Å²) in [5.41, 5.74) is 2.50. The van der Waals surface area contributed by atoms with E-state index in [1.807, 2.05) is 49.4 Å². The Labute approximate surface area is 139 Å². The number of nitrogens with zero attached hydrogens (tertiary/aromatic N) is 3. The molecule has 2 aromatic heterocycles. The molecule has 6 nitrogen and oxygen atoms in total. The highest BCUT2D eigenvalue weighted by Gasteiger charge is 2.12. The monoisotopic (exact) mass is 324 g/mol. The Bertz CT molecular complexity index is 896. The van der Waals surface area contributed by atoms with Gasteiger partial charge in [-0.2, -0.15) is 0 Å². The first-order valence-corrected chi connectivity index (χ1v) is 8.05. The average molecular weight is 324 g/mol. The van der Waals surface area contributed by atoms with Gasteiger partial charge in [0.05, 0.1) is 23.3 Å². The molecule has 0 aliphatic rings. The van der Waals surface area contributed by atoms with Crippen LogP contribution < -0.4 is 11.0 Å². The molecule has 0 aliphatic carbocycles. The largest absolute Gasteiger partial charge is 0.350 e. The minimum atomic E-state index is -0.0964. The molecule has 0 saturated heterocycles. The number of fused-ring (bicyclic) bond motifs is 1. The molecule has 3 rings (SSSR count). The van der Waals surface area contributed by atoms with E-state index in [0.29, 0.717) is 19.6 Å². The standard InChI is InChI=1S/C18H20N4O2/c1-2-21-15-8-3-4-9-16(15)22(18(21)24)12-10-17(23)20-13-14-7-5-6-11-19-14/h3-9,11H,2,10,12-13H2,1H3,(H,20,23). The third kappa shape index (κ3) is 3.22. The fourth-order valence-corrected chi connectivity index (χ4v) is 2.79. The molecule has 3 aromatic rings. The van der Waals surface area contributed by atoms with Gasteiger partial charge in [-0.3, -0.25) is 18.9 Å². The Morgan fingerprint density at radius 1 is 1.08 bits per heavy atom. The number of pyridine rings is 1. The number of aryl methyl sites for hydroxylation is 2. The molecule has 0 spiro atoms. The highest BCUT2D eigenvalue weighted by Crippen LogP contribution is 2.12. The Balaban J connectivity index is 1.68. The van der Waals surface area contributed by atoms with Crippen molar-refractivity contribution in [2.24, 2.45) is 0 Å². The average Bonchev–Trinajstić information content (AvgIpc) is 2.90. The van der Waals surface area contributed by atoms with E-state index in [1.54, 1.807) is 15.3 Å². The number of hydrogen-bond donors (Lipinski definition) is 1. The van der Waals surface area contributed by atoms with Gasteiger partial charge in [0.2, 0.25) is 5.91 Å². The number of para-hydroxylation sites is 2. The van der Waals surface area contributed by atoms with Crippen molar-refractivity contribution in [3.63, 3.8) is 0 Å². The quantitative estimate of drug-likeness (QED) is 0.753. The first kappa shape index (κ1) is 16.0. The lowest BCUT2D eigenvalue weighted by Gasteiger charge is -2.06. The summed E-state index contributed by atoms with van der Waals surface area (Å²) >= 11 is 0. The van der Waals surface area contributed by atoms with Crippen molar-refractivity contribution in [2.45, 2.75) is 33.0 Å². The number of rotatable bonds is 6.